The second-order valence-corrected chi connectivity index (χ2v) is 8.78. The first kappa shape index (κ1) is 25.5. The zero-order valence-corrected chi connectivity index (χ0v) is 19.7. The highest BCUT2D eigenvalue weighted by Gasteiger charge is 2.47. The fourth-order valence-corrected chi connectivity index (χ4v) is 4.48. The molecule has 0 aromatic heterocycles. The van der Waals surface area contributed by atoms with Crippen molar-refractivity contribution in [3.8, 4) is 0 Å². The summed E-state index contributed by atoms with van der Waals surface area (Å²) >= 11 is 0. The summed E-state index contributed by atoms with van der Waals surface area (Å²) in [7, 11) is 1.19. The molecule has 1 aromatic carbocycles. The average molecular weight is 479 g/mol. The van der Waals surface area contributed by atoms with Gasteiger partial charge < -0.3 is 14.8 Å². The van der Waals surface area contributed by atoms with E-state index in [0.717, 1.165) is 12.1 Å². The third-order valence-electron chi connectivity index (χ3n) is 6.42. The SMILES string of the molecule is CCC(C)OC(=O)C1=C(C)NC2=C(C(=O)C(C(=O)OC)C(C)C2)C1c1ccc(C(F)(F)F)cc1. The number of carbonyl (C=O) groups is 3. The Balaban J connectivity index is 2.17. The van der Waals surface area contributed by atoms with Crippen molar-refractivity contribution in [1.82, 2.24) is 5.32 Å². The van der Waals surface area contributed by atoms with Crippen LogP contribution < -0.4 is 5.32 Å². The van der Waals surface area contributed by atoms with Crippen molar-refractivity contribution >= 4 is 17.7 Å². The number of nitrogens with one attached hydrogen (secondary N) is 1. The van der Waals surface area contributed by atoms with E-state index in [1.165, 1.54) is 19.2 Å². The Kier molecular flexibility index (Phi) is 7.24. The Hall–Kier alpha value is -3.10. The van der Waals surface area contributed by atoms with Crippen LogP contribution in [0.1, 0.15) is 57.6 Å². The lowest BCUT2D eigenvalue weighted by molar-refractivity contribution is -0.151. The molecular weight excluding hydrogens is 451 g/mol. The summed E-state index contributed by atoms with van der Waals surface area (Å²) in [5.41, 5.74) is 0.776. The van der Waals surface area contributed by atoms with E-state index >= 15 is 0 Å². The molecule has 0 saturated carbocycles. The van der Waals surface area contributed by atoms with Crippen LogP contribution in [-0.2, 0) is 30.0 Å². The number of ether oxygens (including phenoxy) is 2. The third-order valence-corrected chi connectivity index (χ3v) is 6.42. The quantitative estimate of drug-likeness (QED) is 0.489. The molecule has 1 heterocycles. The molecule has 9 heteroatoms. The lowest BCUT2D eigenvalue weighted by atomic mass is 9.69. The smallest absolute Gasteiger partial charge is 0.416 e. The molecule has 1 aliphatic heterocycles. The molecule has 0 bridgehead atoms. The van der Waals surface area contributed by atoms with E-state index in [9.17, 15) is 27.6 Å². The third kappa shape index (κ3) is 4.74. The minimum Gasteiger partial charge on any atom is -0.468 e. The molecule has 1 N–H and O–H groups in total. The number of hydrogen-bond acceptors (Lipinski definition) is 6. The van der Waals surface area contributed by atoms with E-state index in [1.54, 1.807) is 20.8 Å². The van der Waals surface area contributed by atoms with Crippen LogP contribution in [0.4, 0.5) is 13.2 Å². The van der Waals surface area contributed by atoms with Crippen LogP contribution in [0.5, 0.6) is 0 Å². The Morgan fingerprint density at radius 3 is 2.35 bits per heavy atom. The second kappa shape index (κ2) is 9.64. The van der Waals surface area contributed by atoms with Gasteiger partial charge in [-0.1, -0.05) is 26.0 Å². The van der Waals surface area contributed by atoms with Gasteiger partial charge in [-0.25, -0.2) is 4.79 Å². The summed E-state index contributed by atoms with van der Waals surface area (Å²) in [5.74, 6) is -4.29. The number of Topliss-reactive ketones (excluding diaryl/α,β-unsaturated/α-hetero) is 1. The summed E-state index contributed by atoms with van der Waals surface area (Å²) < 4.78 is 49.8. The monoisotopic (exact) mass is 479 g/mol. The topological polar surface area (TPSA) is 81.7 Å². The molecule has 0 amide bonds. The predicted molar refractivity (Wildman–Crippen MR) is 117 cm³/mol. The zero-order chi connectivity index (χ0) is 25.4. The van der Waals surface area contributed by atoms with Gasteiger partial charge in [0, 0.05) is 22.9 Å². The molecular formula is C25H28F3NO5. The largest absolute Gasteiger partial charge is 0.468 e. The highest BCUT2D eigenvalue weighted by Crippen LogP contribution is 2.46. The predicted octanol–water partition coefficient (Wildman–Crippen LogP) is 4.66. The molecule has 1 aliphatic carbocycles. The van der Waals surface area contributed by atoms with Gasteiger partial charge in [0.1, 0.15) is 5.92 Å². The van der Waals surface area contributed by atoms with E-state index in [-0.39, 0.29) is 17.1 Å². The highest BCUT2D eigenvalue weighted by atomic mass is 19.4. The van der Waals surface area contributed by atoms with E-state index in [2.05, 4.69) is 5.32 Å². The normalized spacial score (nSPS) is 23.8. The maximum Gasteiger partial charge on any atom is 0.416 e. The lowest BCUT2D eigenvalue weighted by Gasteiger charge is -2.38. The van der Waals surface area contributed by atoms with Crippen molar-refractivity contribution in [2.45, 2.75) is 58.7 Å². The first-order valence-corrected chi connectivity index (χ1v) is 11.1. The maximum absolute atomic E-state index is 13.6. The van der Waals surface area contributed by atoms with Crippen molar-refractivity contribution in [1.29, 1.82) is 0 Å². The van der Waals surface area contributed by atoms with Crippen LogP contribution in [0.2, 0.25) is 0 Å². The molecule has 0 saturated heterocycles. The van der Waals surface area contributed by atoms with Gasteiger partial charge in [-0.2, -0.15) is 13.2 Å². The van der Waals surface area contributed by atoms with Crippen LogP contribution in [0.3, 0.4) is 0 Å². The number of hydrogen-bond donors (Lipinski definition) is 1. The van der Waals surface area contributed by atoms with Gasteiger partial charge in [0.05, 0.1) is 24.4 Å². The number of dihydropyridines is 1. The van der Waals surface area contributed by atoms with Gasteiger partial charge in [-0.3, -0.25) is 9.59 Å². The van der Waals surface area contributed by atoms with Gasteiger partial charge in [0.25, 0.3) is 0 Å². The fraction of sp³-hybridized carbons (Fsp3) is 0.480. The number of methoxy groups -OCH3 is 1. The van der Waals surface area contributed by atoms with Crippen molar-refractivity contribution in [3.05, 3.63) is 57.9 Å². The molecule has 3 rings (SSSR count). The maximum atomic E-state index is 13.6. The number of carbonyl (C=O) groups excluding carboxylic acids is 3. The summed E-state index contributed by atoms with van der Waals surface area (Å²) in [6.07, 6.45) is -4.04. The van der Waals surface area contributed by atoms with Crippen LogP contribution in [0.25, 0.3) is 0 Å². The number of halogens is 3. The summed E-state index contributed by atoms with van der Waals surface area (Å²) in [6.45, 7) is 6.99. The van der Waals surface area contributed by atoms with Crippen LogP contribution >= 0.6 is 0 Å². The minimum atomic E-state index is -4.53. The first-order valence-electron chi connectivity index (χ1n) is 11.1. The molecule has 1 aromatic rings. The number of ketones is 1. The van der Waals surface area contributed by atoms with Crippen molar-refractivity contribution in [2.75, 3.05) is 7.11 Å². The Bertz CT molecular complexity index is 1060. The number of rotatable bonds is 5. The molecule has 0 fully saturated rings. The standard InChI is InChI=1S/C25H28F3NO5/c1-6-13(3)34-24(32)19-14(4)29-17-11-12(2)18(23(31)33-5)22(30)21(17)20(19)15-7-9-16(10-8-15)25(26,27)28/h7-10,12-13,18,20,29H,6,11H2,1-5H3. The summed E-state index contributed by atoms with van der Waals surface area (Å²) in [6, 6.07) is 4.34. The number of allylic oxidation sites excluding steroid dienone is 3. The molecule has 6 nitrogen and oxygen atoms in total. The van der Waals surface area contributed by atoms with Gasteiger partial charge in [0.15, 0.2) is 5.78 Å². The molecule has 0 radical (unpaired) electrons. The van der Waals surface area contributed by atoms with Crippen molar-refractivity contribution in [2.24, 2.45) is 11.8 Å². The average Bonchev–Trinajstić information content (AvgIpc) is 2.77. The van der Waals surface area contributed by atoms with Gasteiger partial charge in [-0.15, -0.1) is 0 Å². The molecule has 184 valence electrons. The van der Waals surface area contributed by atoms with E-state index in [1.807, 2.05) is 6.92 Å². The molecule has 2 aliphatic rings. The Morgan fingerprint density at radius 1 is 1.21 bits per heavy atom. The molecule has 0 spiro atoms. The van der Waals surface area contributed by atoms with Gasteiger partial charge >= 0.3 is 18.1 Å². The zero-order valence-electron chi connectivity index (χ0n) is 19.7. The fourth-order valence-electron chi connectivity index (χ4n) is 4.48. The van der Waals surface area contributed by atoms with E-state index in [0.29, 0.717) is 29.8 Å². The molecule has 4 unspecified atom stereocenters. The summed E-state index contributed by atoms with van der Waals surface area (Å²) in [5, 5.41) is 3.12. The summed E-state index contributed by atoms with van der Waals surface area (Å²) in [4.78, 5) is 39.2. The van der Waals surface area contributed by atoms with Crippen LogP contribution in [0.15, 0.2) is 46.8 Å². The molecule has 4 atom stereocenters. The number of benzene rings is 1. The van der Waals surface area contributed by atoms with Gasteiger partial charge in [-0.05, 0) is 50.3 Å². The van der Waals surface area contributed by atoms with E-state index < -0.39 is 47.4 Å². The Labute approximate surface area is 196 Å². The van der Waals surface area contributed by atoms with Crippen molar-refractivity contribution in [3.63, 3.8) is 0 Å². The highest BCUT2D eigenvalue weighted by molar-refractivity contribution is 6.12. The lowest BCUT2D eigenvalue weighted by Crippen LogP contribution is -2.43. The number of alkyl halides is 3. The van der Waals surface area contributed by atoms with Crippen LogP contribution in [0, 0.1) is 11.8 Å². The number of esters is 2. The van der Waals surface area contributed by atoms with Crippen molar-refractivity contribution < 1.29 is 37.0 Å². The van der Waals surface area contributed by atoms with Gasteiger partial charge in [0.2, 0.25) is 0 Å². The van der Waals surface area contributed by atoms with E-state index in [4.69, 9.17) is 9.47 Å². The van der Waals surface area contributed by atoms with Crippen LogP contribution in [-0.4, -0.2) is 30.9 Å². The first-order chi connectivity index (χ1) is 15.9. The molecule has 34 heavy (non-hydrogen) atoms. The second-order valence-electron chi connectivity index (χ2n) is 8.78. The Morgan fingerprint density at radius 2 is 1.82 bits per heavy atom. The minimum absolute atomic E-state index is 0.130.